The molecule has 0 radical (unpaired) electrons. The molecule has 0 aromatic heterocycles. The van der Waals surface area contributed by atoms with Crippen LogP contribution in [0.3, 0.4) is 0 Å². The SMILES string of the molecule is O=C(NC(CCO)C(=O)OCc1ccccc1)OCC1c2ccccc2-c2ccccc21. The molecule has 0 spiro atoms. The monoisotopic (exact) mass is 431 g/mol. The Bertz CT molecular complexity index is 1040. The fourth-order valence-electron chi connectivity index (χ4n) is 3.99. The number of aliphatic hydroxyl groups excluding tert-OH is 1. The van der Waals surface area contributed by atoms with Crippen molar-refractivity contribution in [2.24, 2.45) is 0 Å². The van der Waals surface area contributed by atoms with Crippen molar-refractivity contribution in [3.05, 3.63) is 95.6 Å². The summed E-state index contributed by atoms with van der Waals surface area (Å²) < 4.78 is 10.8. The van der Waals surface area contributed by atoms with Crippen molar-refractivity contribution in [2.75, 3.05) is 13.2 Å². The third kappa shape index (κ3) is 4.81. The number of carbonyl (C=O) groups excluding carboxylic acids is 2. The predicted octanol–water partition coefficient (Wildman–Crippen LogP) is 4.02. The van der Waals surface area contributed by atoms with Crippen molar-refractivity contribution >= 4 is 12.1 Å². The number of rotatable bonds is 8. The summed E-state index contributed by atoms with van der Waals surface area (Å²) >= 11 is 0. The van der Waals surface area contributed by atoms with Crippen LogP contribution in [0.1, 0.15) is 29.0 Å². The minimum Gasteiger partial charge on any atom is -0.459 e. The first-order valence-corrected chi connectivity index (χ1v) is 10.6. The van der Waals surface area contributed by atoms with Gasteiger partial charge in [0.1, 0.15) is 19.3 Å². The third-order valence-corrected chi connectivity index (χ3v) is 5.56. The van der Waals surface area contributed by atoms with Crippen LogP contribution in [0.2, 0.25) is 0 Å². The lowest BCUT2D eigenvalue weighted by molar-refractivity contribution is -0.147. The molecule has 3 aromatic rings. The van der Waals surface area contributed by atoms with Crippen LogP contribution >= 0.6 is 0 Å². The van der Waals surface area contributed by atoms with Gasteiger partial charge in [0.05, 0.1) is 0 Å². The van der Waals surface area contributed by atoms with E-state index in [1.165, 1.54) is 0 Å². The van der Waals surface area contributed by atoms with Crippen molar-refractivity contribution in [2.45, 2.75) is 25.0 Å². The van der Waals surface area contributed by atoms with E-state index in [2.05, 4.69) is 17.4 Å². The molecule has 4 rings (SSSR count). The van der Waals surface area contributed by atoms with E-state index in [-0.39, 0.29) is 32.2 Å². The van der Waals surface area contributed by atoms with E-state index in [0.717, 1.165) is 27.8 Å². The molecule has 0 heterocycles. The highest BCUT2D eigenvalue weighted by Crippen LogP contribution is 2.44. The van der Waals surface area contributed by atoms with Gasteiger partial charge in [0, 0.05) is 18.9 Å². The van der Waals surface area contributed by atoms with Gasteiger partial charge in [0.2, 0.25) is 0 Å². The Labute approximate surface area is 186 Å². The lowest BCUT2D eigenvalue weighted by Crippen LogP contribution is -2.43. The quantitative estimate of drug-likeness (QED) is 0.526. The van der Waals surface area contributed by atoms with Crippen molar-refractivity contribution in [3.63, 3.8) is 0 Å². The van der Waals surface area contributed by atoms with Crippen LogP contribution in [0.15, 0.2) is 78.9 Å². The van der Waals surface area contributed by atoms with E-state index in [4.69, 9.17) is 9.47 Å². The molecule has 2 N–H and O–H groups in total. The molecule has 1 amide bonds. The predicted molar refractivity (Wildman–Crippen MR) is 120 cm³/mol. The first-order chi connectivity index (χ1) is 15.7. The van der Waals surface area contributed by atoms with E-state index < -0.39 is 18.1 Å². The minimum atomic E-state index is -0.987. The number of fused-ring (bicyclic) bond motifs is 3. The summed E-state index contributed by atoms with van der Waals surface area (Å²) in [6.07, 6.45) is -0.681. The van der Waals surface area contributed by atoms with Gasteiger partial charge in [0.15, 0.2) is 0 Å². The summed E-state index contributed by atoms with van der Waals surface area (Å²) in [7, 11) is 0. The van der Waals surface area contributed by atoms with Gasteiger partial charge in [0.25, 0.3) is 0 Å². The highest BCUT2D eigenvalue weighted by Gasteiger charge is 2.30. The summed E-state index contributed by atoms with van der Waals surface area (Å²) in [5.41, 5.74) is 5.33. The lowest BCUT2D eigenvalue weighted by atomic mass is 9.98. The van der Waals surface area contributed by atoms with Crippen LogP contribution in [-0.2, 0) is 20.9 Å². The molecular weight excluding hydrogens is 406 g/mol. The maximum Gasteiger partial charge on any atom is 0.407 e. The van der Waals surface area contributed by atoms with Crippen LogP contribution < -0.4 is 5.32 Å². The Morgan fingerprint density at radius 1 is 0.844 bits per heavy atom. The molecule has 6 heteroatoms. The molecule has 3 aromatic carbocycles. The van der Waals surface area contributed by atoms with Crippen LogP contribution in [0.25, 0.3) is 11.1 Å². The van der Waals surface area contributed by atoms with Gasteiger partial charge in [-0.15, -0.1) is 0 Å². The van der Waals surface area contributed by atoms with E-state index in [1.54, 1.807) is 0 Å². The highest BCUT2D eigenvalue weighted by molar-refractivity contribution is 5.82. The Balaban J connectivity index is 1.36. The molecule has 0 bridgehead atoms. The molecule has 6 nitrogen and oxygen atoms in total. The second-order valence-electron chi connectivity index (χ2n) is 7.63. The molecular formula is C26H25NO5. The maximum atomic E-state index is 12.5. The van der Waals surface area contributed by atoms with Crippen LogP contribution in [0.4, 0.5) is 4.79 Å². The number of carbonyl (C=O) groups is 2. The first-order valence-electron chi connectivity index (χ1n) is 10.6. The first kappa shape index (κ1) is 21.6. The highest BCUT2D eigenvalue weighted by atomic mass is 16.6. The number of nitrogens with one attached hydrogen (secondary N) is 1. The number of benzene rings is 3. The fraction of sp³-hybridized carbons (Fsp3) is 0.231. The van der Waals surface area contributed by atoms with Crippen molar-refractivity contribution in [1.82, 2.24) is 5.32 Å². The zero-order valence-corrected chi connectivity index (χ0v) is 17.6. The second kappa shape index (κ2) is 10.1. The van der Waals surface area contributed by atoms with Gasteiger partial charge in [-0.25, -0.2) is 9.59 Å². The third-order valence-electron chi connectivity index (χ3n) is 5.56. The van der Waals surface area contributed by atoms with E-state index >= 15 is 0 Å². The normalized spacial score (nSPS) is 13.0. The molecule has 1 aliphatic carbocycles. The average Bonchev–Trinajstić information content (AvgIpc) is 3.15. The van der Waals surface area contributed by atoms with Gasteiger partial charge in [-0.1, -0.05) is 78.9 Å². The largest absolute Gasteiger partial charge is 0.459 e. The fourth-order valence-corrected chi connectivity index (χ4v) is 3.99. The van der Waals surface area contributed by atoms with Crippen molar-refractivity contribution < 1.29 is 24.2 Å². The van der Waals surface area contributed by atoms with Gasteiger partial charge in [-0.05, 0) is 27.8 Å². The van der Waals surface area contributed by atoms with Crippen molar-refractivity contribution in [1.29, 1.82) is 0 Å². The number of amides is 1. The Hall–Kier alpha value is -3.64. The van der Waals surface area contributed by atoms with Gasteiger partial charge in [-0.3, -0.25) is 0 Å². The number of aliphatic hydroxyl groups is 1. The smallest absolute Gasteiger partial charge is 0.407 e. The molecule has 32 heavy (non-hydrogen) atoms. The van der Waals surface area contributed by atoms with E-state index in [1.807, 2.05) is 66.7 Å². The minimum absolute atomic E-state index is 0.0395. The average molecular weight is 431 g/mol. The number of hydrogen-bond donors (Lipinski definition) is 2. The van der Waals surface area contributed by atoms with Gasteiger partial charge >= 0.3 is 12.1 Å². The molecule has 1 aliphatic rings. The summed E-state index contributed by atoms with van der Waals surface area (Å²) in [6, 6.07) is 24.4. The number of hydrogen-bond acceptors (Lipinski definition) is 5. The molecule has 0 saturated carbocycles. The van der Waals surface area contributed by atoms with E-state index in [0.29, 0.717) is 0 Å². The van der Waals surface area contributed by atoms with Gasteiger partial charge < -0.3 is 19.9 Å². The molecule has 1 atom stereocenters. The second-order valence-corrected chi connectivity index (χ2v) is 7.63. The summed E-state index contributed by atoms with van der Waals surface area (Å²) in [5.74, 6) is -0.689. The zero-order chi connectivity index (χ0) is 22.3. The van der Waals surface area contributed by atoms with E-state index in [9.17, 15) is 14.7 Å². The summed E-state index contributed by atoms with van der Waals surface area (Å²) in [5, 5.41) is 11.8. The Morgan fingerprint density at radius 2 is 1.44 bits per heavy atom. The zero-order valence-electron chi connectivity index (χ0n) is 17.6. The summed E-state index contributed by atoms with van der Waals surface area (Å²) in [6.45, 7) is -0.0342. The molecule has 1 unspecified atom stereocenters. The Morgan fingerprint density at radius 3 is 2.06 bits per heavy atom. The number of ether oxygens (including phenoxy) is 2. The topological polar surface area (TPSA) is 84.9 Å². The standard InChI is InChI=1S/C26H25NO5/c28-15-14-24(25(29)31-16-18-8-2-1-3-9-18)27-26(30)32-17-23-21-12-6-4-10-19(21)20-11-5-7-13-22(20)23/h1-13,23-24,28H,14-17H2,(H,27,30). The van der Waals surface area contributed by atoms with Crippen molar-refractivity contribution in [3.8, 4) is 11.1 Å². The number of esters is 1. The van der Waals surface area contributed by atoms with Crippen LogP contribution in [-0.4, -0.2) is 36.4 Å². The maximum absolute atomic E-state index is 12.5. The molecule has 0 fully saturated rings. The van der Waals surface area contributed by atoms with Crippen LogP contribution in [0.5, 0.6) is 0 Å². The van der Waals surface area contributed by atoms with Gasteiger partial charge in [-0.2, -0.15) is 0 Å². The molecule has 0 aliphatic heterocycles. The number of alkyl carbamates (subject to hydrolysis) is 1. The van der Waals surface area contributed by atoms with Crippen LogP contribution in [0, 0.1) is 0 Å². The summed E-state index contributed by atoms with van der Waals surface area (Å²) in [4.78, 5) is 24.9. The lowest BCUT2D eigenvalue weighted by Gasteiger charge is -2.18. The Kier molecular flexibility index (Phi) is 6.82. The molecule has 0 saturated heterocycles. The molecule has 164 valence electrons.